The largest absolute Gasteiger partial charge is 0.351 e. The van der Waals surface area contributed by atoms with E-state index >= 15 is 0 Å². The molecule has 0 bridgehead atoms. The Morgan fingerprint density at radius 3 is 2.27 bits per heavy atom. The smallest absolute Gasteiger partial charge is 0.261 e. The Labute approximate surface area is 191 Å². The quantitative estimate of drug-likeness (QED) is 0.428. The number of hydrogen-bond donors (Lipinski definition) is 3. The van der Waals surface area contributed by atoms with E-state index in [4.69, 9.17) is 0 Å². The number of aryl methyl sites for hydroxylation is 1. The average molecular weight is 474 g/mol. The molecule has 4 rings (SSSR count). The van der Waals surface area contributed by atoms with Crippen molar-refractivity contribution in [3.8, 4) is 0 Å². The molecule has 0 amide bonds. The van der Waals surface area contributed by atoms with Crippen molar-refractivity contribution in [2.24, 2.45) is 0 Å². The van der Waals surface area contributed by atoms with Crippen molar-refractivity contribution in [3.05, 3.63) is 65.9 Å². The zero-order chi connectivity index (χ0) is 23.4. The lowest BCUT2D eigenvalue weighted by molar-refractivity contribution is 0.461. The number of nitrogens with zero attached hydrogens (tertiary/aromatic N) is 2. The van der Waals surface area contributed by atoms with Crippen molar-refractivity contribution in [2.45, 2.75) is 50.0 Å². The van der Waals surface area contributed by atoms with E-state index in [0.717, 1.165) is 30.7 Å². The van der Waals surface area contributed by atoms with Gasteiger partial charge in [-0.1, -0.05) is 19.3 Å². The number of halogens is 2. The molecule has 0 spiro atoms. The number of hydrogen-bond acceptors (Lipinski definition) is 6. The first kappa shape index (κ1) is 22.9. The molecule has 1 aliphatic carbocycles. The van der Waals surface area contributed by atoms with Crippen LogP contribution in [-0.4, -0.2) is 24.4 Å². The third kappa shape index (κ3) is 5.95. The molecule has 174 valence electrons. The number of benzene rings is 2. The van der Waals surface area contributed by atoms with E-state index in [1.165, 1.54) is 19.3 Å². The molecular weight excluding hydrogens is 448 g/mol. The summed E-state index contributed by atoms with van der Waals surface area (Å²) >= 11 is 0. The number of rotatable bonds is 7. The van der Waals surface area contributed by atoms with Crippen LogP contribution >= 0.6 is 0 Å². The molecule has 0 radical (unpaired) electrons. The lowest BCUT2D eigenvalue weighted by Gasteiger charge is -2.23. The average Bonchev–Trinajstić information content (AvgIpc) is 2.77. The first-order valence-corrected chi connectivity index (χ1v) is 12.2. The molecule has 33 heavy (non-hydrogen) atoms. The second-order valence-electron chi connectivity index (χ2n) is 8.08. The van der Waals surface area contributed by atoms with Gasteiger partial charge in [-0.15, -0.1) is 0 Å². The summed E-state index contributed by atoms with van der Waals surface area (Å²) in [5.41, 5.74) is 1.80. The molecule has 10 heteroatoms. The first-order valence-electron chi connectivity index (χ1n) is 10.8. The fourth-order valence-corrected chi connectivity index (χ4v) is 4.82. The Balaban J connectivity index is 1.43. The van der Waals surface area contributed by atoms with E-state index in [0.29, 0.717) is 29.6 Å². The fourth-order valence-electron chi connectivity index (χ4n) is 3.75. The second-order valence-corrected chi connectivity index (χ2v) is 9.76. The van der Waals surface area contributed by atoms with Gasteiger partial charge in [0, 0.05) is 29.2 Å². The summed E-state index contributed by atoms with van der Waals surface area (Å²) < 4.78 is 53.7. The number of sulfonamides is 1. The van der Waals surface area contributed by atoms with Gasteiger partial charge in [0.25, 0.3) is 10.0 Å². The highest BCUT2D eigenvalue weighted by molar-refractivity contribution is 7.92. The summed E-state index contributed by atoms with van der Waals surface area (Å²) in [5.74, 6) is -1.13. The maximum atomic E-state index is 13.4. The first-order chi connectivity index (χ1) is 15.8. The zero-order valence-electron chi connectivity index (χ0n) is 18.1. The molecule has 1 heterocycles. The maximum Gasteiger partial charge on any atom is 0.261 e. The Kier molecular flexibility index (Phi) is 6.73. The van der Waals surface area contributed by atoms with Crippen LogP contribution in [0.25, 0.3) is 0 Å². The van der Waals surface area contributed by atoms with Gasteiger partial charge in [0.15, 0.2) is 11.6 Å². The third-order valence-electron chi connectivity index (χ3n) is 5.40. The van der Waals surface area contributed by atoms with Gasteiger partial charge in [0.05, 0.1) is 4.90 Å². The van der Waals surface area contributed by atoms with Crippen LogP contribution in [0.15, 0.2) is 53.4 Å². The summed E-state index contributed by atoms with van der Waals surface area (Å²) in [7, 11) is -4.06. The Morgan fingerprint density at radius 1 is 0.879 bits per heavy atom. The molecule has 3 N–H and O–H groups in total. The van der Waals surface area contributed by atoms with Gasteiger partial charge in [0.2, 0.25) is 5.95 Å². The minimum absolute atomic E-state index is 0.281. The molecule has 1 aromatic heterocycles. The van der Waals surface area contributed by atoms with Crippen LogP contribution in [0.1, 0.15) is 37.8 Å². The van der Waals surface area contributed by atoms with Gasteiger partial charge in [-0.25, -0.2) is 22.2 Å². The Morgan fingerprint density at radius 2 is 1.58 bits per heavy atom. The van der Waals surface area contributed by atoms with E-state index in [2.05, 4.69) is 25.3 Å². The minimum atomic E-state index is -4.06. The van der Waals surface area contributed by atoms with Crippen LogP contribution in [0.2, 0.25) is 0 Å². The Bertz CT molecular complexity index is 1230. The summed E-state index contributed by atoms with van der Waals surface area (Å²) in [6.45, 7) is 1.90. The van der Waals surface area contributed by atoms with Crippen LogP contribution in [0, 0.1) is 18.6 Å². The minimum Gasteiger partial charge on any atom is -0.351 e. The van der Waals surface area contributed by atoms with Crippen LogP contribution in [-0.2, 0) is 10.0 Å². The van der Waals surface area contributed by atoms with Crippen molar-refractivity contribution < 1.29 is 17.2 Å². The molecule has 1 fully saturated rings. The van der Waals surface area contributed by atoms with E-state index in [9.17, 15) is 17.2 Å². The summed E-state index contributed by atoms with van der Waals surface area (Å²) in [6.07, 6.45) is 5.91. The lowest BCUT2D eigenvalue weighted by Crippen LogP contribution is -2.23. The molecule has 7 nitrogen and oxygen atoms in total. The predicted molar refractivity (Wildman–Crippen MR) is 124 cm³/mol. The predicted octanol–water partition coefficient (Wildman–Crippen LogP) is 5.35. The van der Waals surface area contributed by atoms with E-state index in [-0.39, 0.29) is 10.6 Å². The van der Waals surface area contributed by atoms with E-state index in [1.54, 1.807) is 24.3 Å². The molecule has 0 unspecified atom stereocenters. The van der Waals surface area contributed by atoms with E-state index < -0.39 is 21.7 Å². The summed E-state index contributed by atoms with van der Waals surface area (Å²) in [5, 5.41) is 6.61. The number of nitrogens with one attached hydrogen (secondary N) is 3. The molecule has 1 aliphatic rings. The van der Waals surface area contributed by atoms with Gasteiger partial charge in [-0.2, -0.15) is 4.98 Å². The van der Waals surface area contributed by atoms with Crippen LogP contribution in [0.5, 0.6) is 0 Å². The molecule has 3 aromatic rings. The maximum absolute atomic E-state index is 13.4. The van der Waals surface area contributed by atoms with Gasteiger partial charge in [-0.05, 0) is 62.2 Å². The van der Waals surface area contributed by atoms with Crippen LogP contribution < -0.4 is 15.4 Å². The van der Waals surface area contributed by atoms with Gasteiger partial charge >= 0.3 is 0 Å². The molecule has 2 aromatic carbocycles. The summed E-state index contributed by atoms with van der Waals surface area (Å²) in [6, 6.07) is 11.1. The zero-order valence-corrected chi connectivity index (χ0v) is 18.9. The fraction of sp³-hybridized carbons (Fsp3) is 0.304. The van der Waals surface area contributed by atoms with Gasteiger partial charge in [0.1, 0.15) is 5.82 Å². The van der Waals surface area contributed by atoms with Crippen molar-refractivity contribution in [2.75, 3.05) is 15.4 Å². The highest BCUT2D eigenvalue weighted by atomic mass is 32.2. The van der Waals surface area contributed by atoms with Crippen molar-refractivity contribution >= 4 is 33.2 Å². The van der Waals surface area contributed by atoms with Crippen molar-refractivity contribution in [1.29, 1.82) is 0 Å². The molecule has 1 saturated carbocycles. The standard InChI is InChI=1S/C23H25F2N5O2S/c1-15-13-22(29-23(26-15)28-16-5-3-2-4-6-16)27-17-7-9-18(10-8-17)30-33(31,32)19-11-12-20(24)21(25)14-19/h7-14,16,30H,2-6H2,1H3,(H2,26,27,28,29). The van der Waals surface area contributed by atoms with Crippen LogP contribution in [0.4, 0.5) is 31.9 Å². The number of anilines is 4. The van der Waals surface area contributed by atoms with Crippen molar-refractivity contribution in [3.63, 3.8) is 0 Å². The van der Waals surface area contributed by atoms with Crippen LogP contribution in [0.3, 0.4) is 0 Å². The highest BCUT2D eigenvalue weighted by Crippen LogP contribution is 2.24. The molecule has 0 aliphatic heterocycles. The number of aromatic nitrogens is 2. The van der Waals surface area contributed by atoms with Gasteiger partial charge in [-0.3, -0.25) is 4.72 Å². The van der Waals surface area contributed by atoms with E-state index in [1.807, 2.05) is 13.0 Å². The monoisotopic (exact) mass is 473 g/mol. The normalized spacial score (nSPS) is 14.6. The van der Waals surface area contributed by atoms with Gasteiger partial charge < -0.3 is 10.6 Å². The SMILES string of the molecule is Cc1cc(Nc2ccc(NS(=O)(=O)c3ccc(F)c(F)c3)cc2)nc(NC2CCCCC2)n1. The van der Waals surface area contributed by atoms with Crippen molar-refractivity contribution in [1.82, 2.24) is 9.97 Å². The molecular formula is C23H25F2N5O2S. The molecule has 0 saturated heterocycles. The lowest BCUT2D eigenvalue weighted by atomic mass is 9.96. The molecule has 0 atom stereocenters. The summed E-state index contributed by atoms with van der Waals surface area (Å²) in [4.78, 5) is 8.66. The highest BCUT2D eigenvalue weighted by Gasteiger charge is 2.17. The third-order valence-corrected chi connectivity index (χ3v) is 6.78. The Hall–Kier alpha value is -3.27. The second kappa shape index (κ2) is 9.70. The topological polar surface area (TPSA) is 96.0 Å².